The largest absolute Gasteiger partial charge is 0.507 e. The van der Waals surface area contributed by atoms with Gasteiger partial charge in [0.05, 0.1) is 70.0 Å². The van der Waals surface area contributed by atoms with Crippen LogP contribution in [0.15, 0.2) is 65.5 Å². The molecule has 70 heavy (non-hydrogen) atoms. The molecule has 4 heterocycles. The van der Waals surface area contributed by atoms with Gasteiger partial charge in [-0.15, -0.1) is 0 Å². The number of esters is 1. The Hall–Kier alpha value is -6.54. The van der Waals surface area contributed by atoms with E-state index >= 15 is 0 Å². The molecule has 378 valence electrons. The summed E-state index contributed by atoms with van der Waals surface area (Å²) in [6.07, 6.45) is 4.63. The molecule has 0 saturated carbocycles. The first-order valence-corrected chi connectivity index (χ1v) is 23.3. The van der Waals surface area contributed by atoms with Crippen molar-refractivity contribution in [1.29, 1.82) is 0 Å². The fourth-order valence-electron chi connectivity index (χ4n) is 9.76. The van der Waals surface area contributed by atoms with Crippen molar-refractivity contribution < 1.29 is 63.8 Å². The van der Waals surface area contributed by atoms with Crippen LogP contribution in [0.25, 0.3) is 10.8 Å². The topological polar surface area (TPSA) is 263 Å². The third kappa shape index (κ3) is 10.5. The number of nitrogens with zero attached hydrogens (tertiary/aromatic N) is 4. The number of phenols is 3. The number of carbonyl (C=O) groups excluding carboxylic acids is 3. The second-order valence-electron chi connectivity index (χ2n) is 19.1. The van der Waals surface area contributed by atoms with E-state index in [2.05, 4.69) is 10.2 Å². The summed E-state index contributed by atoms with van der Waals surface area (Å²) in [7, 11) is 1.43. The van der Waals surface area contributed by atoms with Crippen molar-refractivity contribution in [2.75, 3.05) is 25.5 Å². The standard InChI is InChI=1S/C51H65N5O14/c1-25-13-12-14-26(2)50(64)53-41-36(21-52-55-27(3)22-54(23-28(55)4)24-34-15-17-35(18-16-34)56(65)66)45(61)38-39(46(41)62)44(60)32(8)48-40(38)49(63)51(10,70-48)68-20-19-37(67-11)29(5)47(69-33(9)57)31(7)43(59)30(6)42(25)58/h12-21,25,27-31,37,42-43,47,58-62H,22-24H2,1-11H3,(H,53,64)/b13-12+,20-19+,26-14-,52-21+. The maximum atomic E-state index is 14.7. The van der Waals surface area contributed by atoms with Gasteiger partial charge >= 0.3 is 11.8 Å². The number of methoxy groups -OCH3 is 1. The second-order valence-corrected chi connectivity index (χ2v) is 19.1. The maximum absolute atomic E-state index is 14.7. The number of benzene rings is 3. The molecule has 19 nitrogen and oxygen atoms in total. The molecule has 1 amide bonds. The first kappa shape index (κ1) is 52.8. The Balaban J connectivity index is 1.46. The van der Waals surface area contributed by atoms with Gasteiger partial charge in [0.1, 0.15) is 23.4 Å². The lowest BCUT2D eigenvalue weighted by Gasteiger charge is -2.42. The van der Waals surface area contributed by atoms with Crippen molar-refractivity contribution in [3.63, 3.8) is 0 Å². The Labute approximate surface area is 406 Å². The van der Waals surface area contributed by atoms with Crippen molar-refractivity contribution in [3.8, 4) is 23.0 Å². The van der Waals surface area contributed by atoms with Crippen LogP contribution >= 0.6 is 0 Å². The number of aromatic hydroxyl groups is 3. The number of phenolic OH excluding ortho intramolecular Hbond substituents is 3. The quantitative estimate of drug-likeness (QED) is 0.0364. The normalized spacial score (nSPS) is 30.9. The summed E-state index contributed by atoms with van der Waals surface area (Å²) in [5.41, 5.74) is 0.292. The number of piperazine rings is 1. The molecule has 0 aliphatic carbocycles. The molecular formula is C51H65N5O14. The van der Waals surface area contributed by atoms with Crippen LogP contribution in [0.4, 0.5) is 11.4 Å². The van der Waals surface area contributed by atoms with Gasteiger partial charge in [-0.2, -0.15) is 5.10 Å². The molecule has 1 fully saturated rings. The number of rotatable bonds is 7. The number of hydrogen-bond acceptors (Lipinski definition) is 17. The smallest absolute Gasteiger partial charge is 0.312 e. The molecule has 1 saturated heterocycles. The van der Waals surface area contributed by atoms with Crippen molar-refractivity contribution in [3.05, 3.63) is 92.8 Å². The van der Waals surface area contributed by atoms with Gasteiger partial charge in [-0.25, -0.2) is 0 Å². The fraction of sp³-hybridized carbons (Fsp3) is 0.490. The van der Waals surface area contributed by atoms with Crippen LogP contribution in [0.2, 0.25) is 0 Å². The zero-order valence-corrected chi connectivity index (χ0v) is 41.4. The minimum atomic E-state index is -2.10. The Morgan fingerprint density at radius 3 is 2.19 bits per heavy atom. The number of aliphatic hydroxyl groups excluding tert-OH is 2. The molecule has 11 unspecified atom stereocenters. The highest BCUT2D eigenvalue weighted by molar-refractivity contribution is 6.23. The van der Waals surface area contributed by atoms with E-state index in [1.54, 1.807) is 57.0 Å². The number of aliphatic hydroxyl groups is 2. The monoisotopic (exact) mass is 971 g/mol. The number of anilines is 1. The van der Waals surface area contributed by atoms with Crippen LogP contribution in [0.5, 0.6) is 23.0 Å². The molecule has 3 aromatic carbocycles. The number of carbonyl (C=O) groups is 3. The third-order valence-corrected chi connectivity index (χ3v) is 13.9. The number of non-ortho nitro benzene ring substituents is 1. The van der Waals surface area contributed by atoms with E-state index in [1.165, 1.54) is 71.6 Å². The third-order valence-electron chi connectivity index (χ3n) is 13.9. The van der Waals surface area contributed by atoms with Crippen LogP contribution < -0.4 is 10.1 Å². The first-order valence-electron chi connectivity index (χ1n) is 23.3. The molecule has 5 bridgehead atoms. The number of nitro groups is 1. The number of hydrazone groups is 1. The van der Waals surface area contributed by atoms with Gasteiger partial charge < -0.3 is 49.8 Å². The summed E-state index contributed by atoms with van der Waals surface area (Å²) in [6.45, 7) is 17.9. The zero-order valence-electron chi connectivity index (χ0n) is 41.4. The predicted octanol–water partition coefficient (Wildman–Crippen LogP) is 6.59. The number of hydrogen-bond donors (Lipinski definition) is 6. The van der Waals surface area contributed by atoms with Crippen LogP contribution in [0, 0.1) is 40.7 Å². The fourth-order valence-corrected chi connectivity index (χ4v) is 9.76. The number of ketones is 1. The van der Waals surface area contributed by atoms with Crippen LogP contribution in [-0.4, -0.2) is 127 Å². The molecule has 6 N–H and O–H groups in total. The summed E-state index contributed by atoms with van der Waals surface area (Å²) >= 11 is 0. The first-order chi connectivity index (χ1) is 32.9. The predicted molar refractivity (Wildman–Crippen MR) is 261 cm³/mol. The Morgan fingerprint density at radius 2 is 1.59 bits per heavy atom. The Morgan fingerprint density at radius 1 is 0.943 bits per heavy atom. The van der Waals surface area contributed by atoms with E-state index < -0.39 is 93.7 Å². The van der Waals surface area contributed by atoms with Gasteiger partial charge in [0, 0.05) is 92.9 Å². The number of ether oxygens (including phenoxy) is 4. The van der Waals surface area contributed by atoms with Crippen molar-refractivity contribution in [1.82, 2.24) is 9.91 Å². The van der Waals surface area contributed by atoms with Crippen LogP contribution in [0.1, 0.15) is 89.4 Å². The van der Waals surface area contributed by atoms with E-state index in [-0.39, 0.29) is 62.2 Å². The summed E-state index contributed by atoms with van der Waals surface area (Å²) in [6, 6.07) is 5.91. The lowest BCUT2D eigenvalue weighted by atomic mass is 9.78. The van der Waals surface area contributed by atoms with Gasteiger partial charge in [0.25, 0.3) is 17.4 Å². The lowest BCUT2D eigenvalue weighted by molar-refractivity contribution is -0.384. The SMILES string of the molecule is COC1/C=C/OC2(C)Oc3c(C)c(O)c4c(O)c(c(/C=N/N5C(C)CN(Cc6ccc([N+](=O)[O-])cc6)CC5C)c(O)c4c3C2=O)NC(=O)/C(C)=C\C=C\C(C)C(O)C(C)C(O)C(C)C(OC(C)=O)C1C. The van der Waals surface area contributed by atoms with Crippen molar-refractivity contribution in [2.24, 2.45) is 28.8 Å². The summed E-state index contributed by atoms with van der Waals surface area (Å²) < 4.78 is 23.8. The van der Waals surface area contributed by atoms with Crippen molar-refractivity contribution in [2.45, 2.75) is 118 Å². The summed E-state index contributed by atoms with van der Waals surface area (Å²) in [4.78, 5) is 54.0. The van der Waals surface area contributed by atoms with E-state index in [4.69, 9.17) is 24.0 Å². The average Bonchev–Trinajstić information content (AvgIpc) is 3.57. The van der Waals surface area contributed by atoms with E-state index in [9.17, 15) is 50.0 Å². The van der Waals surface area contributed by atoms with Gasteiger partial charge in [-0.05, 0) is 39.3 Å². The molecule has 0 aromatic heterocycles. The van der Waals surface area contributed by atoms with Gasteiger partial charge in [-0.3, -0.25) is 34.4 Å². The molecule has 0 radical (unpaired) electrons. The number of amides is 1. The minimum absolute atomic E-state index is 0.00438. The average molecular weight is 972 g/mol. The van der Waals surface area contributed by atoms with Gasteiger partial charge in [0.2, 0.25) is 0 Å². The molecular weight excluding hydrogens is 907 g/mol. The summed E-state index contributed by atoms with van der Waals surface area (Å²) in [5, 5.41) is 79.2. The van der Waals surface area contributed by atoms with Gasteiger partial charge in [-0.1, -0.05) is 58.1 Å². The maximum Gasteiger partial charge on any atom is 0.312 e. The van der Waals surface area contributed by atoms with Gasteiger partial charge in [0.15, 0.2) is 5.75 Å². The number of nitro benzene ring substituents is 1. The molecule has 4 aliphatic rings. The second kappa shape index (κ2) is 21.2. The highest BCUT2D eigenvalue weighted by atomic mass is 16.7. The zero-order chi connectivity index (χ0) is 51.7. The number of nitrogens with one attached hydrogen (secondary N) is 1. The van der Waals surface area contributed by atoms with Crippen molar-refractivity contribution >= 4 is 46.0 Å². The molecule has 4 aliphatic heterocycles. The highest BCUT2D eigenvalue weighted by Gasteiger charge is 2.50. The number of fused-ring (bicyclic) bond motifs is 14. The van der Waals surface area contributed by atoms with E-state index in [0.717, 1.165) is 5.56 Å². The molecule has 7 rings (SSSR count). The minimum Gasteiger partial charge on any atom is -0.507 e. The molecule has 3 aromatic rings. The molecule has 19 heteroatoms. The highest BCUT2D eigenvalue weighted by Crippen LogP contribution is 2.55. The lowest BCUT2D eigenvalue weighted by Crippen LogP contribution is -2.54. The van der Waals surface area contributed by atoms with E-state index in [0.29, 0.717) is 19.6 Å². The van der Waals surface area contributed by atoms with Crippen LogP contribution in [0.3, 0.4) is 0 Å². The molecule has 0 spiro atoms. The number of allylic oxidation sites excluding steroid dienone is 2. The Bertz CT molecular complexity index is 2620. The molecule has 11 atom stereocenters. The van der Waals surface area contributed by atoms with Crippen LogP contribution in [-0.2, 0) is 30.3 Å². The Kier molecular flexibility index (Phi) is 16.0. The summed E-state index contributed by atoms with van der Waals surface area (Å²) in [5.74, 6) is -8.81. The number of Topliss-reactive ketones (excluding diaryl/α,β-unsaturated/α-hetero) is 1. The van der Waals surface area contributed by atoms with E-state index in [1.807, 2.05) is 13.8 Å².